The Morgan fingerprint density at radius 2 is 2.00 bits per heavy atom. The molecule has 0 saturated heterocycles. The molecule has 0 aliphatic heterocycles. The molecule has 0 aromatic heterocycles. The Balaban J connectivity index is 0.00000256. The van der Waals surface area contributed by atoms with E-state index in [1.165, 1.54) is 0 Å². The van der Waals surface area contributed by atoms with Gasteiger partial charge in [0, 0.05) is 22.2 Å². The Labute approximate surface area is 117 Å². The first kappa shape index (κ1) is 16.6. The first-order chi connectivity index (χ1) is 7.72. The van der Waals surface area contributed by atoms with Gasteiger partial charge in [-0.25, -0.2) is 0 Å². The van der Waals surface area contributed by atoms with Crippen molar-refractivity contribution in [3.05, 3.63) is 29.3 Å². The van der Waals surface area contributed by atoms with E-state index in [9.17, 15) is 4.79 Å². The Morgan fingerprint density at radius 3 is 2.59 bits per heavy atom. The Morgan fingerprint density at radius 1 is 1.35 bits per heavy atom. The van der Waals surface area contributed by atoms with Gasteiger partial charge in [-0.05, 0) is 31.3 Å². The zero-order valence-corrected chi connectivity index (χ0v) is 11.9. The smallest absolute Gasteiger partial charge is 0.233 e. The number of benzene rings is 1. The van der Waals surface area contributed by atoms with Crippen molar-refractivity contribution >= 4 is 41.7 Å². The highest BCUT2D eigenvalue weighted by Gasteiger charge is 1.98. The van der Waals surface area contributed by atoms with Crippen molar-refractivity contribution in [2.24, 2.45) is 0 Å². The molecule has 2 N–H and O–H groups in total. The number of carbonyl (C=O) groups is 1. The molecule has 0 heterocycles. The van der Waals surface area contributed by atoms with Gasteiger partial charge in [0.2, 0.25) is 5.91 Å². The van der Waals surface area contributed by atoms with Crippen molar-refractivity contribution in [3.63, 3.8) is 0 Å². The summed E-state index contributed by atoms with van der Waals surface area (Å²) in [5, 5.41) is 6.36. The number of likely N-dealkylation sites (N-methyl/N-ethyl adjacent to an activating group) is 1. The van der Waals surface area contributed by atoms with Crippen LogP contribution in [0.5, 0.6) is 0 Å². The van der Waals surface area contributed by atoms with E-state index in [1.807, 2.05) is 24.3 Å². The second-order valence-electron chi connectivity index (χ2n) is 3.18. The predicted molar refractivity (Wildman–Crippen MR) is 76.4 cm³/mol. The lowest BCUT2D eigenvalue weighted by Gasteiger charge is -2.04. The van der Waals surface area contributed by atoms with Gasteiger partial charge in [0.1, 0.15) is 0 Å². The first-order valence-electron chi connectivity index (χ1n) is 5.02. The molecule has 0 spiro atoms. The number of amides is 1. The van der Waals surface area contributed by atoms with Crippen molar-refractivity contribution in [1.29, 1.82) is 0 Å². The fraction of sp³-hybridized carbons (Fsp3) is 0.364. The molecule has 1 aromatic carbocycles. The standard InChI is InChI=1S/C11H15ClN2OS.ClH/c1-13-8-11(15)14-6-7-16-10-4-2-9(12)3-5-10;/h2-5,13H,6-8H2,1H3,(H,14,15);1H. The summed E-state index contributed by atoms with van der Waals surface area (Å²) in [6.45, 7) is 1.04. The van der Waals surface area contributed by atoms with Crippen LogP contribution in [0.2, 0.25) is 5.02 Å². The van der Waals surface area contributed by atoms with Gasteiger partial charge in [-0.1, -0.05) is 11.6 Å². The number of hydrogen-bond acceptors (Lipinski definition) is 3. The summed E-state index contributed by atoms with van der Waals surface area (Å²) in [6.07, 6.45) is 0. The number of halogens is 2. The Hall–Kier alpha value is -0.420. The van der Waals surface area contributed by atoms with Crippen molar-refractivity contribution in [2.75, 3.05) is 25.9 Å². The van der Waals surface area contributed by atoms with Gasteiger partial charge in [-0.3, -0.25) is 4.79 Å². The quantitative estimate of drug-likeness (QED) is 0.624. The highest BCUT2D eigenvalue weighted by atomic mass is 35.5. The van der Waals surface area contributed by atoms with Gasteiger partial charge >= 0.3 is 0 Å². The summed E-state index contributed by atoms with van der Waals surface area (Å²) >= 11 is 7.47. The largest absolute Gasteiger partial charge is 0.354 e. The second kappa shape index (κ2) is 9.59. The monoisotopic (exact) mass is 294 g/mol. The molecule has 1 rings (SSSR count). The average Bonchev–Trinajstić information content (AvgIpc) is 2.27. The normalized spacial score (nSPS) is 9.53. The number of thioether (sulfide) groups is 1. The molecule has 1 amide bonds. The third-order valence-corrected chi connectivity index (χ3v) is 3.11. The third kappa shape index (κ3) is 7.49. The van der Waals surface area contributed by atoms with E-state index < -0.39 is 0 Å². The highest BCUT2D eigenvalue weighted by molar-refractivity contribution is 7.99. The van der Waals surface area contributed by atoms with Crippen LogP contribution < -0.4 is 10.6 Å². The molecule has 96 valence electrons. The van der Waals surface area contributed by atoms with E-state index >= 15 is 0 Å². The van der Waals surface area contributed by atoms with Crippen LogP contribution in [0.3, 0.4) is 0 Å². The molecule has 0 aliphatic rings. The highest BCUT2D eigenvalue weighted by Crippen LogP contribution is 2.19. The van der Waals surface area contributed by atoms with Gasteiger partial charge in [0.25, 0.3) is 0 Å². The van der Waals surface area contributed by atoms with Crippen molar-refractivity contribution in [1.82, 2.24) is 10.6 Å². The number of carbonyl (C=O) groups excluding carboxylic acids is 1. The van der Waals surface area contributed by atoms with Crippen LogP contribution in [0.25, 0.3) is 0 Å². The first-order valence-corrected chi connectivity index (χ1v) is 6.38. The molecule has 6 heteroatoms. The molecule has 0 aliphatic carbocycles. The molecule has 3 nitrogen and oxygen atoms in total. The van der Waals surface area contributed by atoms with Crippen LogP contribution in [0.4, 0.5) is 0 Å². The molecular weight excluding hydrogens is 279 g/mol. The molecule has 0 fully saturated rings. The predicted octanol–water partition coefficient (Wildman–Crippen LogP) is 2.19. The molecule has 1 aromatic rings. The van der Waals surface area contributed by atoms with Gasteiger partial charge < -0.3 is 10.6 Å². The summed E-state index contributed by atoms with van der Waals surface area (Å²) in [5.74, 6) is 0.885. The topological polar surface area (TPSA) is 41.1 Å². The van der Waals surface area contributed by atoms with Gasteiger partial charge in [0.15, 0.2) is 0 Å². The van der Waals surface area contributed by atoms with E-state index in [2.05, 4.69) is 10.6 Å². The maximum atomic E-state index is 11.1. The lowest BCUT2D eigenvalue weighted by molar-refractivity contribution is -0.120. The number of nitrogens with one attached hydrogen (secondary N) is 2. The van der Waals surface area contributed by atoms with Crippen LogP contribution in [0.15, 0.2) is 29.2 Å². The van der Waals surface area contributed by atoms with Crippen LogP contribution >= 0.6 is 35.8 Å². The van der Waals surface area contributed by atoms with Crippen LogP contribution in [-0.2, 0) is 4.79 Å². The van der Waals surface area contributed by atoms with Crippen LogP contribution in [0.1, 0.15) is 0 Å². The maximum absolute atomic E-state index is 11.1. The minimum atomic E-state index is 0. The molecule has 0 bridgehead atoms. The van der Waals surface area contributed by atoms with E-state index in [1.54, 1.807) is 18.8 Å². The molecule has 0 radical (unpaired) electrons. The van der Waals surface area contributed by atoms with Crippen LogP contribution in [0, 0.1) is 0 Å². The van der Waals surface area contributed by atoms with E-state index in [4.69, 9.17) is 11.6 Å². The minimum absolute atomic E-state index is 0. The third-order valence-electron chi connectivity index (χ3n) is 1.84. The molecular formula is C11H16Cl2N2OS. The molecule has 0 unspecified atom stereocenters. The Bertz CT molecular complexity index is 333. The summed E-state index contributed by atoms with van der Waals surface area (Å²) in [5.41, 5.74) is 0. The van der Waals surface area contributed by atoms with Crippen LogP contribution in [-0.4, -0.2) is 31.8 Å². The summed E-state index contributed by atoms with van der Waals surface area (Å²) in [4.78, 5) is 12.3. The van der Waals surface area contributed by atoms with Crippen molar-refractivity contribution in [2.45, 2.75) is 4.90 Å². The van der Waals surface area contributed by atoms with E-state index in [0.29, 0.717) is 13.1 Å². The fourth-order valence-corrected chi connectivity index (χ4v) is 2.01. The van der Waals surface area contributed by atoms with E-state index in [0.717, 1.165) is 15.7 Å². The van der Waals surface area contributed by atoms with Crippen molar-refractivity contribution < 1.29 is 4.79 Å². The number of hydrogen-bond donors (Lipinski definition) is 2. The Kier molecular flexibility index (Phi) is 9.36. The zero-order valence-electron chi connectivity index (χ0n) is 9.53. The summed E-state index contributed by atoms with van der Waals surface area (Å²) in [6, 6.07) is 7.68. The van der Waals surface area contributed by atoms with Gasteiger partial charge in [-0.2, -0.15) is 0 Å². The molecule has 17 heavy (non-hydrogen) atoms. The fourth-order valence-electron chi connectivity index (χ4n) is 1.11. The lowest BCUT2D eigenvalue weighted by atomic mass is 10.4. The molecule has 0 saturated carbocycles. The maximum Gasteiger partial charge on any atom is 0.233 e. The lowest BCUT2D eigenvalue weighted by Crippen LogP contribution is -2.33. The summed E-state index contributed by atoms with van der Waals surface area (Å²) in [7, 11) is 1.75. The van der Waals surface area contributed by atoms with Gasteiger partial charge in [0.05, 0.1) is 6.54 Å². The van der Waals surface area contributed by atoms with E-state index in [-0.39, 0.29) is 18.3 Å². The SMILES string of the molecule is CNCC(=O)NCCSc1ccc(Cl)cc1.Cl. The zero-order chi connectivity index (χ0) is 11.8. The van der Waals surface area contributed by atoms with Gasteiger partial charge in [-0.15, -0.1) is 24.2 Å². The van der Waals surface area contributed by atoms with Crippen molar-refractivity contribution in [3.8, 4) is 0 Å². The average molecular weight is 295 g/mol. The summed E-state index contributed by atoms with van der Waals surface area (Å²) < 4.78 is 0. The minimum Gasteiger partial charge on any atom is -0.354 e. The number of rotatable bonds is 6. The second-order valence-corrected chi connectivity index (χ2v) is 4.79. The molecule has 0 atom stereocenters.